The molecule has 0 bridgehead atoms. The molecule has 0 unspecified atom stereocenters. The molecule has 180 valence electrons. The Morgan fingerprint density at radius 3 is 2.38 bits per heavy atom. The van der Waals surface area contributed by atoms with Crippen LogP contribution < -0.4 is 9.62 Å². The van der Waals surface area contributed by atoms with E-state index < -0.39 is 15.9 Å². The molecule has 0 spiro atoms. The zero-order chi connectivity index (χ0) is 24.7. The van der Waals surface area contributed by atoms with Crippen molar-refractivity contribution >= 4 is 68.2 Å². The van der Waals surface area contributed by atoms with E-state index in [0.29, 0.717) is 44.4 Å². The molecule has 1 N–H and O–H groups in total. The number of sulfonamides is 1. The minimum atomic E-state index is -3.96. The van der Waals surface area contributed by atoms with E-state index in [2.05, 4.69) is 5.32 Å². The number of carbonyl (C=O) groups excluding carboxylic acids is 1. The van der Waals surface area contributed by atoms with Gasteiger partial charge in [0.1, 0.15) is 6.54 Å². The standard InChI is InChI=1S/C24H23Cl3N2O3S2/c1-17-13-19(25)8-10-23(17)29(34(31,32)20-5-3-2-4-6-20)15-24(30)28-11-12-33-16-18-7-9-21(26)22(27)14-18/h2-10,13-14H,11-12,15-16H2,1H3,(H,28,30). The quantitative estimate of drug-likeness (QED) is 0.301. The van der Waals surface area contributed by atoms with Crippen molar-refractivity contribution in [1.29, 1.82) is 0 Å². The average Bonchev–Trinajstić information content (AvgIpc) is 2.80. The number of thioether (sulfide) groups is 1. The molecule has 5 nitrogen and oxygen atoms in total. The van der Waals surface area contributed by atoms with Crippen molar-refractivity contribution in [2.24, 2.45) is 0 Å². The summed E-state index contributed by atoms with van der Waals surface area (Å²) in [5.41, 5.74) is 2.08. The van der Waals surface area contributed by atoms with E-state index in [1.807, 2.05) is 12.1 Å². The molecule has 3 aromatic carbocycles. The smallest absolute Gasteiger partial charge is 0.264 e. The molecule has 10 heteroatoms. The molecule has 0 radical (unpaired) electrons. The first-order chi connectivity index (χ1) is 16.2. The van der Waals surface area contributed by atoms with Gasteiger partial charge in [0, 0.05) is 23.1 Å². The van der Waals surface area contributed by atoms with Crippen molar-refractivity contribution in [3.8, 4) is 0 Å². The van der Waals surface area contributed by atoms with Crippen molar-refractivity contribution in [1.82, 2.24) is 5.32 Å². The van der Waals surface area contributed by atoms with Gasteiger partial charge in [-0.25, -0.2) is 8.42 Å². The number of carbonyl (C=O) groups is 1. The van der Waals surface area contributed by atoms with Crippen LogP contribution in [0.1, 0.15) is 11.1 Å². The van der Waals surface area contributed by atoms with Gasteiger partial charge >= 0.3 is 0 Å². The maximum atomic E-state index is 13.4. The Labute approximate surface area is 219 Å². The Balaban J connectivity index is 1.65. The van der Waals surface area contributed by atoms with Crippen LogP contribution in [0.25, 0.3) is 0 Å². The topological polar surface area (TPSA) is 66.5 Å². The number of rotatable bonds is 10. The first-order valence-corrected chi connectivity index (χ1v) is 14.0. The van der Waals surface area contributed by atoms with E-state index in [0.717, 1.165) is 9.87 Å². The Bertz CT molecular complexity index is 1260. The zero-order valence-corrected chi connectivity index (χ0v) is 22.2. The molecule has 0 aliphatic heterocycles. The summed E-state index contributed by atoms with van der Waals surface area (Å²) in [6.07, 6.45) is 0. The lowest BCUT2D eigenvalue weighted by Gasteiger charge is -2.25. The second-order valence-electron chi connectivity index (χ2n) is 7.41. The molecule has 3 rings (SSSR count). The van der Waals surface area contributed by atoms with Gasteiger partial charge in [-0.1, -0.05) is 59.1 Å². The van der Waals surface area contributed by atoms with Gasteiger partial charge in [-0.2, -0.15) is 11.8 Å². The van der Waals surface area contributed by atoms with Crippen molar-refractivity contribution in [2.75, 3.05) is 23.1 Å². The Hall–Kier alpha value is -1.90. The van der Waals surface area contributed by atoms with Gasteiger partial charge in [0.25, 0.3) is 10.0 Å². The molecule has 34 heavy (non-hydrogen) atoms. The molecule has 3 aromatic rings. The van der Waals surface area contributed by atoms with Crippen LogP contribution in [0.5, 0.6) is 0 Å². The summed E-state index contributed by atoms with van der Waals surface area (Å²) in [6.45, 7) is 1.80. The van der Waals surface area contributed by atoms with Crippen molar-refractivity contribution in [2.45, 2.75) is 17.6 Å². The van der Waals surface area contributed by atoms with E-state index in [9.17, 15) is 13.2 Å². The lowest BCUT2D eigenvalue weighted by Crippen LogP contribution is -2.41. The van der Waals surface area contributed by atoms with Gasteiger partial charge in [-0.3, -0.25) is 9.10 Å². The van der Waals surface area contributed by atoms with Crippen LogP contribution in [0.3, 0.4) is 0 Å². The maximum absolute atomic E-state index is 13.4. The number of aryl methyl sites for hydroxylation is 1. The predicted molar refractivity (Wildman–Crippen MR) is 143 cm³/mol. The number of anilines is 1. The third-order valence-electron chi connectivity index (χ3n) is 4.87. The molecule has 0 saturated carbocycles. The molecule has 0 aliphatic rings. The molecule has 0 aromatic heterocycles. The minimum absolute atomic E-state index is 0.106. The van der Waals surface area contributed by atoms with Crippen molar-refractivity contribution in [3.63, 3.8) is 0 Å². The van der Waals surface area contributed by atoms with E-state index in [1.54, 1.807) is 61.2 Å². The highest BCUT2D eigenvalue weighted by Crippen LogP contribution is 2.29. The first kappa shape index (κ1) is 26.7. The van der Waals surface area contributed by atoms with Gasteiger partial charge in [-0.15, -0.1) is 0 Å². The lowest BCUT2D eigenvalue weighted by atomic mass is 10.2. The maximum Gasteiger partial charge on any atom is 0.264 e. The fourth-order valence-corrected chi connectivity index (χ4v) is 6.05. The lowest BCUT2D eigenvalue weighted by molar-refractivity contribution is -0.119. The molecule has 0 heterocycles. The van der Waals surface area contributed by atoms with Gasteiger partial charge in [0.05, 0.1) is 20.6 Å². The number of halogens is 3. The van der Waals surface area contributed by atoms with Crippen LogP contribution in [0.15, 0.2) is 71.6 Å². The summed E-state index contributed by atoms with van der Waals surface area (Å²) in [6, 6.07) is 18.4. The second-order valence-corrected chi connectivity index (χ2v) is 11.6. The van der Waals surface area contributed by atoms with Crippen molar-refractivity contribution in [3.05, 3.63) is 92.9 Å². The largest absolute Gasteiger partial charge is 0.354 e. The van der Waals surface area contributed by atoms with Crippen LogP contribution in [0.2, 0.25) is 15.1 Å². The van der Waals surface area contributed by atoms with Crippen LogP contribution in [0, 0.1) is 6.92 Å². The molecular formula is C24H23Cl3N2O3S2. The summed E-state index contributed by atoms with van der Waals surface area (Å²) in [5.74, 6) is 0.965. The Kier molecular flexibility index (Phi) is 9.56. The summed E-state index contributed by atoms with van der Waals surface area (Å²) in [4.78, 5) is 12.8. The van der Waals surface area contributed by atoms with E-state index in [1.165, 1.54) is 12.1 Å². The Morgan fingerprint density at radius 2 is 1.71 bits per heavy atom. The number of benzene rings is 3. The van der Waals surface area contributed by atoms with Gasteiger partial charge in [-0.05, 0) is 60.5 Å². The number of amides is 1. The van der Waals surface area contributed by atoms with Gasteiger partial charge in [0.2, 0.25) is 5.91 Å². The third-order valence-corrected chi connectivity index (χ3v) is 8.65. The van der Waals surface area contributed by atoms with E-state index in [4.69, 9.17) is 34.8 Å². The molecule has 0 aliphatic carbocycles. The van der Waals surface area contributed by atoms with E-state index >= 15 is 0 Å². The zero-order valence-electron chi connectivity index (χ0n) is 18.3. The monoisotopic (exact) mass is 556 g/mol. The summed E-state index contributed by atoms with van der Waals surface area (Å²) < 4.78 is 27.9. The minimum Gasteiger partial charge on any atom is -0.354 e. The summed E-state index contributed by atoms with van der Waals surface area (Å²) >= 11 is 19.6. The highest BCUT2D eigenvalue weighted by molar-refractivity contribution is 7.98. The second kappa shape index (κ2) is 12.2. The fourth-order valence-electron chi connectivity index (χ4n) is 3.19. The molecule has 0 atom stereocenters. The molecular weight excluding hydrogens is 535 g/mol. The van der Waals surface area contributed by atoms with E-state index in [-0.39, 0.29) is 11.4 Å². The first-order valence-electron chi connectivity index (χ1n) is 10.3. The number of hydrogen-bond acceptors (Lipinski definition) is 4. The SMILES string of the molecule is Cc1cc(Cl)ccc1N(CC(=O)NCCSCc1ccc(Cl)c(Cl)c1)S(=O)(=O)c1ccccc1. The molecule has 0 saturated heterocycles. The summed E-state index contributed by atoms with van der Waals surface area (Å²) in [5, 5.41) is 4.31. The number of hydrogen-bond donors (Lipinski definition) is 1. The van der Waals surface area contributed by atoms with Gasteiger partial charge < -0.3 is 5.32 Å². The fraction of sp³-hybridized carbons (Fsp3) is 0.208. The van der Waals surface area contributed by atoms with Crippen LogP contribution >= 0.6 is 46.6 Å². The predicted octanol–water partition coefficient (Wildman–Crippen LogP) is 6.20. The van der Waals surface area contributed by atoms with Crippen LogP contribution in [-0.4, -0.2) is 33.2 Å². The van der Waals surface area contributed by atoms with Gasteiger partial charge in [0.15, 0.2) is 0 Å². The van der Waals surface area contributed by atoms with Crippen LogP contribution in [0.4, 0.5) is 5.69 Å². The average molecular weight is 558 g/mol. The highest BCUT2D eigenvalue weighted by Gasteiger charge is 2.28. The molecule has 1 amide bonds. The number of nitrogens with one attached hydrogen (secondary N) is 1. The molecule has 0 fully saturated rings. The normalized spacial score (nSPS) is 11.3. The number of nitrogens with zero attached hydrogens (tertiary/aromatic N) is 1. The Morgan fingerprint density at radius 1 is 0.971 bits per heavy atom. The summed E-state index contributed by atoms with van der Waals surface area (Å²) in [7, 11) is -3.96. The highest BCUT2D eigenvalue weighted by atomic mass is 35.5. The van der Waals surface area contributed by atoms with Crippen LogP contribution in [-0.2, 0) is 20.6 Å². The third kappa shape index (κ3) is 7.06. The van der Waals surface area contributed by atoms with Crippen molar-refractivity contribution < 1.29 is 13.2 Å².